The molecule has 1 unspecified atom stereocenters. The van der Waals surface area contributed by atoms with Crippen LogP contribution < -0.4 is 11.1 Å². The van der Waals surface area contributed by atoms with Crippen LogP contribution in [0.4, 0.5) is 4.79 Å². The van der Waals surface area contributed by atoms with Gasteiger partial charge < -0.3 is 21.2 Å². The molecule has 0 saturated carbocycles. The van der Waals surface area contributed by atoms with Crippen LogP contribution in [0.25, 0.3) is 0 Å². The first kappa shape index (κ1) is 11.5. The minimum Gasteiger partial charge on any atom is -0.409 e. The lowest BCUT2D eigenvalue weighted by molar-refractivity contribution is 0.214. The number of nitrogens with zero attached hydrogens (tertiary/aromatic N) is 2. The van der Waals surface area contributed by atoms with Crippen LogP contribution in [-0.2, 0) is 0 Å². The van der Waals surface area contributed by atoms with Crippen molar-refractivity contribution in [2.45, 2.75) is 19.4 Å². The van der Waals surface area contributed by atoms with Gasteiger partial charge in [-0.25, -0.2) is 4.79 Å². The number of urea groups is 1. The molecule has 0 rings (SSSR count). The third-order valence-corrected chi connectivity index (χ3v) is 1.42. The second-order valence-corrected chi connectivity index (χ2v) is 3.04. The molecular weight excluding hydrogens is 172 g/mol. The van der Waals surface area contributed by atoms with Crippen LogP contribution in [0.3, 0.4) is 0 Å². The van der Waals surface area contributed by atoms with E-state index in [1.54, 1.807) is 21.0 Å². The van der Waals surface area contributed by atoms with Gasteiger partial charge in [0.1, 0.15) is 5.84 Å². The lowest BCUT2D eigenvalue weighted by Gasteiger charge is -2.16. The van der Waals surface area contributed by atoms with Crippen LogP contribution in [0.5, 0.6) is 0 Å². The minimum atomic E-state index is -0.196. The second kappa shape index (κ2) is 5.23. The van der Waals surface area contributed by atoms with E-state index in [1.165, 1.54) is 4.90 Å². The average Bonchev–Trinajstić information content (AvgIpc) is 2.03. The van der Waals surface area contributed by atoms with Crippen LogP contribution in [-0.4, -0.2) is 42.1 Å². The highest BCUT2D eigenvalue weighted by Gasteiger charge is 2.09. The fourth-order valence-electron chi connectivity index (χ4n) is 0.745. The van der Waals surface area contributed by atoms with Crippen molar-refractivity contribution in [3.63, 3.8) is 0 Å². The van der Waals surface area contributed by atoms with Crippen molar-refractivity contribution >= 4 is 11.9 Å². The van der Waals surface area contributed by atoms with Crippen molar-refractivity contribution in [1.82, 2.24) is 10.2 Å². The average molecular weight is 188 g/mol. The van der Waals surface area contributed by atoms with Gasteiger partial charge in [-0.05, 0) is 6.92 Å². The number of oxime groups is 1. The Hall–Kier alpha value is -1.46. The zero-order valence-corrected chi connectivity index (χ0v) is 8.11. The normalized spacial score (nSPS) is 13.6. The van der Waals surface area contributed by atoms with Crippen molar-refractivity contribution in [3.8, 4) is 0 Å². The molecule has 0 bridgehead atoms. The van der Waals surface area contributed by atoms with E-state index in [-0.39, 0.29) is 17.9 Å². The number of hydrogen-bond donors (Lipinski definition) is 3. The Kier molecular flexibility index (Phi) is 4.64. The van der Waals surface area contributed by atoms with E-state index < -0.39 is 0 Å². The van der Waals surface area contributed by atoms with E-state index in [0.717, 1.165) is 0 Å². The number of carbonyl (C=O) groups excluding carboxylic acids is 1. The molecule has 0 radical (unpaired) electrons. The predicted octanol–water partition coefficient (Wildman–Crippen LogP) is -0.217. The van der Waals surface area contributed by atoms with Crippen molar-refractivity contribution < 1.29 is 10.0 Å². The molecule has 0 spiro atoms. The molecule has 2 amide bonds. The van der Waals surface area contributed by atoms with Gasteiger partial charge in [-0.1, -0.05) is 5.16 Å². The minimum absolute atomic E-state index is 0.103. The topological polar surface area (TPSA) is 91.0 Å². The van der Waals surface area contributed by atoms with E-state index >= 15 is 0 Å². The Morgan fingerprint density at radius 2 is 2.23 bits per heavy atom. The van der Waals surface area contributed by atoms with Crippen LogP contribution in [0, 0.1) is 0 Å². The molecule has 6 nitrogen and oxygen atoms in total. The number of amidine groups is 1. The highest BCUT2D eigenvalue weighted by molar-refractivity contribution is 5.81. The summed E-state index contributed by atoms with van der Waals surface area (Å²) in [7, 11) is 3.29. The molecule has 0 aliphatic carbocycles. The Balaban J connectivity index is 3.88. The van der Waals surface area contributed by atoms with Crippen LogP contribution >= 0.6 is 0 Å². The van der Waals surface area contributed by atoms with Crippen LogP contribution in [0.2, 0.25) is 0 Å². The lowest BCUT2D eigenvalue weighted by Crippen LogP contribution is -2.41. The first-order valence-corrected chi connectivity index (χ1v) is 3.91. The summed E-state index contributed by atoms with van der Waals surface area (Å²) in [5, 5.41) is 13.7. The van der Waals surface area contributed by atoms with Gasteiger partial charge in [-0.3, -0.25) is 0 Å². The molecule has 0 heterocycles. The van der Waals surface area contributed by atoms with E-state index in [4.69, 9.17) is 10.9 Å². The third kappa shape index (κ3) is 4.89. The maximum absolute atomic E-state index is 11.1. The third-order valence-electron chi connectivity index (χ3n) is 1.42. The first-order chi connectivity index (χ1) is 5.97. The zero-order chi connectivity index (χ0) is 10.4. The number of nitrogens with two attached hydrogens (primary N) is 1. The quantitative estimate of drug-likeness (QED) is 0.247. The van der Waals surface area contributed by atoms with E-state index in [1.807, 2.05) is 0 Å². The van der Waals surface area contributed by atoms with Crippen molar-refractivity contribution in [3.05, 3.63) is 0 Å². The van der Waals surface area contributed by atoms with Crippen molar-refractivity contribution in [1.29, 1.82) is 0 Å². The molecule has 0 fully saturated rings. The molecule has 4 N–H and O–H groups in total. The number of rotatable bonds is 3. The Morgan fingerprint density at radius 3 is 2.62 bits per heavy atom. The largest absolute Gasteiger partial charge is 0.409 e. The van der Waals surface area contributed by atoms with Gasteiger partial charge in [-0.15, -0.1) is 0 Å². The van der Waals surface area contributed by atoms with Gasteiger partial charge >= 0.3 is 6.03 Å². The summed E-state index contributed by atoms with van der Waals surface area (Å²) in [6, 6.07) is -0.343. The number of hydrogen-bond acceptors (Lipinski definition) is 3. The molecule has 0 aliphatic heterocycles. The van der Waals surface area contributed by atoms with E-state index in [2.05, 4.69) is 10.5 Å². The smallest absolute Gasteiger partial charge is 0.317 e. The fraction of sp³-hybridized carbons (Fsp3) is 0.714. The molecule has 13 heavy (non-hydrogen) atoms. The number of nitrogens with one attached hydrogen (secondary N) is 1. The Morgan fingerprint density at radius 1 is 1.69 bits per heavy atom. The van der Waals surface area contributed by atoms with E-state index in [0.29, 0.717) is 6.42 Å². The molecule has 6 heteroatoms. The van der Waals surface area contributed by atoms with Crippen LogP contribution in [0.1, 0.15) is 13.3 Å². The predicted molar refractivity (Wildman–Crippen MR) is 49.7 cm³/mol. The highest BCUT2D eigenvalue weighted by Crippen LogP contribution is 1.91. The maximum atomic E-state index is 11.1. The second-order valence-electron chi connectivity index (χ2n) is 3.04. The SMILES string of the molecule is CC(CC(N)=NO)NC(=O)N(C)C. The van der Waals surface area contributed by atoms with Gasteiger partial charge in [0.2, 0.25) is 0 Å². The van der Waals surface area contributed by atoms with Crippen molar-refractivity contribution in [2.75, 3.05) is 14.1 Å². The summed E-state index contributed by atoms with van der Waals surface area (Å²) in [6.45, 7) is 1.78. The van der Waals surface area contributed by atoms with Gasteiger partial charge in [0, 0.05) is 26.6 Å². The molecule has 0 aliphatic rings. The molecule has 0 aromatic rings. The van der Waals surface area contributed by atoms with Crippen molar-refractivity contribution in [2.24, 2.45) is 10.9 Å². The van der Waals surface area contributed by atoms with E-state index in [9.17, 15) is 4.79 Å². The molecule has 76 valence electrons. The van der Waals surface area contributed by atoms with Crippen LogP contribution in [0.15, 0.2) is 5.16 Å². The number of amides is 2. The molecule has 0 aromatic heterocycles. The summed E-state index contributed by atoms with van der Waals surface area (Å²) in [5.74, 6) is 0.103. The lowest BCUT2D eigenvalue weighted by atomic mass is 10.2. The van der Waals surface area contributed by atoms with Gasteiger partial charge in [-0.2, -0.15) is 0 Å². The zero-order valence-electron chi connectivity index (χ0n) is 8.11. The molecule has 1 atom stereocenters. The summed E-state index contributed by atoms with van der Waals surface area (Å²) < 4.78 is 0. The highest BCUT2D eigenvalue weighted by atomic mass is 16.4. The fourth-order valence-corrected chi connectivity index (χ4v) is 0.745. The summed E-state index contributed by atoms with van der Waals surface area (Å²) in [6.07, 6.45) is 0.329. The molecular formula is C7H16N4O2. The molecule has 0 aromatic carbocycles. The monoisotopic (exact) mass is 188 g/mol. The number of carbonyl (C=O) groups is 1. The summed E-state index contributed by atoms with van der Waals surface area (Å²) >= 11 is 0. The van der Waals surface area contributed by atoms with Gasteiger partial charge in [0.25, 0.3) is 0 Å². The Bertz CT molecular complexity index is 203. The Labute approximate surface area is 77.4 Å². The summed E-state index contributed by atoms with van der Waals surface area (Å²) in [4.78, 5) is 12.5. The first-order valence-electron chi connectivity index (χ1n) is 3.91. The standard InChI is InChI=1S/C7H16N4O2/c1-5(4-6(8)10-13)9-7(12)11(2)3/h5,13H,4H2,1-3H3,(H2,8,10)(H,9,12). The summed E-state index contributed by atoms with van der Waals surface area (Å²) in [5.41, 5.74) is 5.26. The van der Waals surface area contributed by atoms with Gasteiger partial charge in [0.05, 0.1) is 0 Å². The maximum Gasteiger partial charge on any atom is 0.317 e. The van der Waals surface area contributed by atoms with Gasteiger partial charge in [0.15, 0.2) is 0 Å². The molecule has 0 saturated heterocycles.